The molecule has 1 aromatic carbocycles. The lowest BCUT2D eigenvalue weighted by Crippen LogP contribution is -2.14. The molecule has 0 aromatic heterocycles. The summed E-state index contributed by atoms with van der Waals surface area (Å²) in [6.07, 6.45) is 0. The Hall–Kier alpha value is -0.730. The smallest absolute Gasteiger partial charge is 0.119 e. The molecule has 0 aliphatic rings. The Morgan fingerprint density at radius 1 is 1.29 bits per heavy atom. The molecule has 0 bridgehead atoms. The number of hydrogen-bond donors (Lipinski definition) is 0. The van der Waals surface area contributed by atoms with Gasteiger partial charge in [0, 0.05) is 0 Å². The van der Waals surface area contributed by atoms with Gasteiger partial charge in [-0.15, -0.1) is 11.6 Å². The molecule has 0 saturated carbocycles. The van der Waals surface area contributed by atoms with Crippen LogP contribution in [0.4, 0.5) is 0 Å². The number of ether oxygens (including phenoxy) is 1. The second-order valence-electron chi connectivity index (χ2n) is 3.30. The highest BCUT2D eigenvalue weighted by Gasteiger charge is 2.09. The summed E-state index contributed by atoms with van der Waals surface area (Å²) in [7, 11) is 3.91. The zero-order chi connectivity index (χ0) is 10.6. The average Bonchev–Trinajstić information content (AvgIpc) is 2.18. The normalized spacial score (nSPS) is 12.9. The Bertz CT molecular complexity index is 271. The molecule has 14 heavy (non-hydrogen) atoms. The molecular formula is C11H16ClNO. The molecule has 1 atom stereocenters. The van der Waals surface area contributed by atoms with Crippen molar-refractivity contribution in [3.8, 4) is 5.75 Å². The minimum atomic E-state index is -0.0781. The minimum absolute atomic E-state index is 0.0781. The van der Waals surface area contributed by atoms with E-state index < -0.39 is 0 Å². The van der Waals surface area contributed by atoms with E-state index in [9.17, 15) is 0 Å². The van der Waals surface area contributed by atoms with Crippen LogP contribution < -0.4 is 4.74 Å². The van der Waals surface area contributed by atoms with Crippen LogP contribution in [-0.2, 0) is 0 Å². The summed E-state index contributed by atoms with van der Waals surface area (Å²) < 4.78 is 5.34. The number of halogens is 1. The number of rotatable bonds is 4. The molecule has 0 aliphatic carbocycles. The van der Waals surface area contributed by atoms with Crippen LogP contribution >= 0.6 is 11.6 Å². The summed E-state index contributed by atoms with van der Waals surface area (Å²) in [5, 5.41) is 0. The lowest BCUT2D eigenvalue weighted by atomic mass is 10.2. The maximum atomic E-state index is 6.16. The maximum Gasteiger partial charge on any atom is 0.119 e. The van der Waals surface area contributed by atoms with Crippen molar-refractivity contribution in [2.24, 2.45) is 0 Å². The van der Waals surface area contributed by atoms with Gasteiger partial charge in [0.25, 0.3) is 0 Å². The van der Waals surface area contributed by atoms with Crippen LogP contribution in [0.3, 0.4) is 0 Å². The summed E-state index contributed by atoms with van der Waals surface area (Å²) in [6, 6.07) is 7.86. The van der Waals surface area contributed by atoms with Gasteiger partial charge in [-0.2, -0.15) is 0 Å². The lowest BCUT2D eigenvalue weighted by molar-refractivity contribution is 0.339. The highest BCUT2D eigenvalue weighted by Crippen LogP contribution is 2.24. The fourth-order valence-corrected chi connectivity index (χ4v) is 1.33. The standard InChI is InChI=1S/C11H16ClNO/c1-4-14-10-7-5-9(6-8-10)11(12)13(2)3/h5-8,11H,4H2,1-3H3. The number of hydrogen-bond acceptors (Lipinski definition) is 2. The maximum absolute atomic E-state index is 6.16. The zero-order valence-electron chi connectivity index (χ0n) is 8.83. The number of alkyl halides is 1. The summed E-state index contributed by atoms with van der Waals surface area (Å²) in [6.45, 7) is 2.66. The van der Waals surface area contributed by atoms with Gasteiger partial charge in [-0.05, 0) is 38.7 Å². The van der Waals surface area contributed by atoms with Crippen molar-refractivity contribution >= 4 is 11.6 Å². The first kappa shape index (κ1) is 11.3. The van der Waals surface area contributed by atoms with Gasteiger partial charge in [0.2, 0.25) is 0 Å². The topological polar surface area (TPSA) is 12.5 Å². The molecule has 1 aromatic rings. The fourth-order valence-electron chi connectivity index (χ4n) is 1.19. The Labute approximate surface area is 90.4 Å². The van der Waals surface area contributed by atoms with Crippen molar-refractivity contribution in [1.82, 2.24) is 4.90 Å². The van der Waals surface area contributed by atoms with Crippen LogP contribution in [0, 0.1) is 0 Å². The average molecular weight is 214 g/mol. The molecule has 2 nitrogen and oxygen atoms in total. The Morgan fingerprint density at radius 3 is 2.29 bits per heavy atom. The monoisotopic (exact) mass is 213 g/mol. The van der Waals surface area contributed by atoms with E-state index in [2.05, 4.69) is 0 Å². The molecule has 0 saturated heterocycles. The molecule has 1 unspecified atom stereocenters. The van der Waals surface area contributed by atoms with Gasteiger partial charge in [-0.3, -0.25) is 4.90 Å². The molecule has 0 aliphatic heterocycles. The number of benzene rings is 1. The predicted molar refractivity (Wildman–Crippen MR) is 59.9 cm³/mol. The van der Waals surface area contributed by atoms with Crippen LogP contribution in [0.2, 0.25) is 0 Å². The van der Waals surface area contributed by atoms with Crippen LogP contribution in [-0.4, -0.2) is 25.6 Å². The Balaban J connectivity index is 2.72. The molecule has 3 heteroatoms. The van der Waals surface area contributed by atoms with Crippen LogP contribution in [0.5, 0.6) is 5.75 Å². The van der Waals surface area contributed by atoms with Gasteiger partial charge in [-0.25, -0.2) is 0 Å². The SMILES string of the molecule is CCOc1ccc(C(Cl)N(C)C)cc1. The van der Waals surface area contributed by atoms with E-state index in [0.29, 0.717) is 6.61 Å². The van der Waals surface area contributed by atoms with Crippen molar-refractivity contribution < 1.29 is 4.74 Å². The molecule has 0 fully saturated rings. The molecule has 0 N–H and O–H groups in total. The van der Waals surface area contributed by atoms with Crippen LogP contribution in [0.1, 0.15) is 18.0 Å². The number of nitrogens with zero attached hydrogens (tertiary/aromatic N) is 1. The molecule has 0 spiro atoms. The van der Waals surface area contributed by atoms with E-state index in [4.69, 9.17) is 16.3 Å². The van der Waals surface area contributed by atoms with Crippen molar-refractivity contribution in [2.75, 3.05) is 20.7 Å². The molecular weight excluding hydrogens is 198 g/mol. The van der Waals surface area contributed by atoms with Gasteiger partial charge >= 0.3 is 0 Å². The van der Waals surface area contributed by atoms with E-state index in [0.717, 1.165) is 11.3 Å². The third kappa shape index (κ3) is 2.89. The predicted octanol–water partition coefficient (Wildman–Crippen LogP) is 2.88. The highest BCUT2D eigenvalue weighted by molar-refractivity contribution is 6.20. The second-order valence-corrected chi connectivity index (χ2v) is 3.71. The first-order chi connectivity index (χ1) is 6.65. The van der Waals surface area contributed by atoms with Crippen LogP contribution in [0.25, 0.3) is 0 Å². The van der Waals surface area contributed by atoms with Crippen molar-refractivity contribution in [1.29, 1.82) is 0 Å². The van der Waals surface area contributed by atoms with Crippen molar-refractivity contribution in [3.05, 3.63) is 29.8 Å². The van der Waals surface area contributed by atoms with Gasteiger partial charge < -0.3 is 4.74 Å². The molecule has 0 heterocycles. The molecule has 78 valence electrons. The van der Waals surface area contributed by atoms with Crippen LogP contribution in [0.15, 0.2) is 24.3 Å². The largest absolute Gasteiger partial charge is 0.494 e. The zero-order valence-corrected chi connectivity index (χ0v) is 9.58. The first-order valence-corrected chi connectivity index (χ1v) is 5.12. The first-order valence-electron chi connectivity index (χ1n) is 4.68. The molecule has 0 radical (unpaired) electrons. The van der Waals surface area contributed by atoms with E-state index >= 15 is 0 Å². The molecule has 1 rings (SSSR count). The summed E-state index contributed by atoms with van der Waals surface area (Å²) in [5.41, 5.74) is 1.01. The lowest BCUT2D eigenvalue weighted by Gasteiger charge is -2.17. The quantitative estimate of drug-likeness (QED) is 0.563. The van der Waals surface area contributed by atoms with Gasteiger partial charge in [0.1, 0.15) is 11.3 Å². The van der Waals surface area contributed by atoms with Gasteiger partial charge in [0.05, 0.1) is 6.61 Å². The van der Waals surface area contributed by atoms with Crippen molar-refractivity contribution in [3.63, 3.8) is 0 Å². The van der Waals surface area contributed by atoms with Crippen molar-refractivity contribution in [2.45, 2.75) is 12.4 Å². The van der Waals surface area contributed by atoms with E-state index in [1.54, 1.807) is 0 Å². The van der Waals surface area contributed by atoms with Gasteiger partial charge in [-0.1, -0.05) is 12.1 Å². The Morgan fingerprint density at radius 2 is 1.86 bits per heavy atom. The van der Waals surface area contributed by atoms with E-state index in [1.165, 1.54) is 0 Å². The summed E-state index contributed by atoms with van der Waals surface area (Å²) in [4.78, 5) is 1.96. The minimum Gasteiger partial charge on any atom is -0.494 e. The van der Waals surface area contributed by atoms with Gasteiger partial charge in [0.15, 0.2) is 0 Å². The van der Waals surface area contributed by atoms with E-state index in [-0.39, 0.29) is 5.50 Å². The summed E-state index contributed by atoms with van der Waals surface area (Å²) in [5.74, 6) is 0.888. The Kier molecular flexibility index (Phi) is 4.23. The second kappa shape index (κ2) is 5.23. The third-order valence-electron chi connectivity index (χ3n) is 1.92. The van der Waals surface area contributed by atoms with E-state index in [1.807, 2.05) is 50.2 Å². The third-order valence-corrected chi connectivity index (χ3v) is 2.56. The molecule has 0 amide bonds. The fraction of sp³-hybridized carbons (Fsp3) is 0.455. The highest BCUT2D eigenvalue weighted by atomic mass is 35.5. The summed E-state index contributed by atoms with van der Waals surface area (Å²) >= 11 is 6.16.